The second-order valence-electron chi connectivity index (χ2n) is 4.00. The fourth-order valence-electron chi connectivity index (χ4n) is 1.95. The van der Waals surface area contributed by atoms with Crippen molar-refractivity contribution in [2.24, 2.45) is 0 Å². The summed E-state index contributed by atoms with van der Waals surface area (Å²) in [6.45, 7) is 1.03. The summed E-state index contributed by atoms with van der Waals surface area (Å²) in [6, 6.07) is 1.28. The van der Waals surface area contributed by atoms with Crippen molar-refractivity contribution >= 4 is 23.1 Å². The predicted octanol–water partition coefficient (Wildman–Crippen LogP) is 1.60. The molecule has 7 heteroatoms. The fourth-order valence-corrected chi connectivity index (χ4v) is 2.10. The molecular weight excluding hydrogens is 246 g/mol. The molecule has 1 atom stereocenters. The first-order chi connectivity index (χ1) is 8.08. The average Bonchev–Trinajstić information content (AvgIpc) is 2.28. The van der Waals surface area contributed by atoms with Crippen molar-refractivity contribution in [2.45, 2.75) is 18.9 Å². The molecule has 0 radical (unpaired) electrons. The smallest absolute Gasteiger partial charge is 0.313 e. The Morgan fingerprint density at radius 3 is 3.06 bits per heavy atom. The molecule has 6 nitrogen and oxygen atoms in total. The second kappa shape index (κ2) is 4.85. The molecule has 0 amide bonds. The number of aliphatic hydroxyl groups excluding tert-OH is 1. The van der Waals surface area contributed by atoms with Gasteiger partial charge < -0.3 is 10.0 Å². The third kappa shape index (κ3) is 2.65. The summed E-state index contributed by atoms with van der Waals surface area (Å²) in [5.74, 6) is 0.276. The van der Waals surface area contributed by atoms with E-state index in [1.807, 2.05) is 0 Å². The number of β-amino-alcohol motifs (C(OH)–C–C–N with tert-alkyl or cyclic N) is 1. The van der Waals surface area contributed by atoms with Gasteiger partial charge in [-0.2, -0.15) is 0 Å². The Balaban J connectivity index is 2.33. The number of pyridine rings is 1. The van der Waals surface area contributed by atoms with Crippen molar-refractivity contribution in [3.8, 4) is 0 Å². The van der Waals surface area contributed by atoms with Gasteiger partial charge in [0.15, 0.2) is 0 Å². The molecule has 1 saturated heterocycles. The molecule has 1 unspecified atom stereocenters. The van der Waals surface area contributed by atoms with Crippen LogP contribution in [0.3, 0.4) is 0 Å². The quantitative estimate of drug-likeness (QED) is 0.643. The number of hydrogen-bond donors (Lipinski definition) is 1. The number of anilines is 1. The van der Waals surface area contributed by atoms with Crippen molar-refractivity contribution in [2.75, 3.05) is 18.0 Å². The third-order valence-corrected chi connectivity index (χ3v) is 2.91. The maximum Gasteiger partial charge on any atom is 0.313 e. The standard InChI is InChI=1S/C10H12ClN3O3/c11-7-4-9(14(16)17)10(12-5-7)13-3-1-2-8(15)6-13/h4-5,8,15H,1-3,6H2. The van der Waals surface area contributed by atoms with Gasteiger partial charge in [-0.15, -0.1) is 0 Å². The molecule has 1 aliphatic heterocycles. The zero-order chi connectivity index (χ0) is 12.4. The number of halogens is 1. The number of nitrogens with zero attached hydrogens (tertiary/aromatic N) is 3. The highest BCUT2D eigenvalue weighted by molar-refractivity contribution is 6.30. The Morgan fingerprint density at radius 2 is 2.41 bits per heavy atom. The minimum absolute atomic E-state index is 0.119. The number of rotatable bonds is 2. The molecule has 0 aromatic carbocycles. The molecule has 0 aliphatic carbocycles. The molecule has 0 spiro atoms. The van der Waals surface area contributed by atoms with E-state index in [9.17, 15) is 15.2 Å². The SMILES string of the molecule is O=[N+]([O-])c1cc(Cl)cnc1N1CCCC(O)C1. The summed E-state index contributed by atoms with van der Waals surface area (Å²) in [4.78, 5) is 16.1. The van der Waals surface area contributed by atoms with E-state index in [2.05, 4.69) is 4.98 Å². The van der Waals surface area contributed by atoms with E-state index in [0.717, 1.165) is 12.8 Å². The van der Waals surface area contributed by atoms with E-state index in [0.29, 0.717) is 13.1 Å². The zero-order valence-corrected chi connectivity index (χ0v) is 9.80. The van der Waals surface area contributed by atoms with Gasteiger partial charge in [-0.25, -0.2) is 4.98 Å². The molecule has 1 N–H and O–H groups in total. The molecule has 0 bridgehead atoms. The van der Waals surface area contributed by atoms with Gasteiger partial charge in [0.2, 0.25) is 5.82 Å². The topological polar surface area (TPSA) is 79.5 Å². The summed E-state index contributed by atoms with van der Waals surface area (Å²) in [6.07, 6.45) is 2.44. The normalized spacial score (nSPS) is 20.4. The Hall–Kier alpha value is -1.40. The van der Waals surface area contributed by atoms with Gasteiger partial charge in [0.05, 0.1) is 16.0 Å². The Bertz CT molecular complexity index is 441. The minimum atomic E-state index is -0.505. The van der Waals surface area contributed by atoms with Gasteiger partial charge in [0.25, 0.3) is 0 Å². The van der Waals surface area contributed by atoms with Crippen LogP contribution >= 0.6 is 11.6 Å². The van der Waals surface area contributed by atoms with Gasteiger partial charge in [-0.1, -0.05) is 11.6 Å². The first-order valence-electron chi connectivity index (χ1n) is 5.31. The summed E-state index contributed by atoms with van der Waals surface area (Å²) in [7, 11) is 0. The third-order valence-electron chi connectivity index (χ3n) is 2.71. The van der Waals surface area contributed by atoms with Crippen LogP contribution in [-0.2, 0) is 0 Å². The molecule has 0 saturated carbocycles. The summed E-state index contributed by atoms with van der Waals surface area (Å²) >= 11 is 5.69. The van der Waals surface area contributed by atoms with Crippen molar-refractivity contribution < 1.29 is 10.0 Å². The van der Waals surface area contributed by atoms with Gasteiger partial charge in [-0.05, 0) is 12.8 Å². The van der Waals surface area contributed by atoms with Crippen LogP contribution in [0.2, 0.25) is 5.02 Å². The van der Waals surface area contributed by atoms with Gasteiger partial charge in [0, 0.05) is 25.4 Å². The highest BCUT2D eigenvalue weighted by atomic mass is 35.5. The monoisotopic (exact) mass is 257 g/mol. The maximum atomic E-state index is 10.9. The summed E-state index contributed by atoms with van der Waals surface area (Å²) in [5, 5.41) is 20.7. The van der Waals surface area contributed by atoms with Crippen molar-refractivity contribution in [1.29, 1.82) is 0 Å². The van der Waals surface area contributed by atoms with Crippen LogP contribution in [0.25, 0.3) is 0 Å². The van der Waals surface area contributed by atoms with E-state index in [1.165, 1.54) is 12.3 Å². The molecule has 92 valence electrons. The van der Waals surface area contributed by atoms with Crippen LogP contribution in [0.1, 0.15) is 12.8 Å². The van der Waals surface area contributed by atoms with Crippen LogP contribution in [0.15, 0.2) is 12.3 Å². The van der Waals surface area contributed by atoms with Gasteiger partial charge in [0.1, 0.15) is 0 Å². The van der Waals surface area contributed by atoms with E-state index in [-0.39, 0.29) is 16.5 Å². The predicted molar refractivity (Wildman–Crippen MR) is 63.4 cm³/mol. The molecule has 2 rings (SSSR count). The van der Waals surface area contributed by atoms with E-state index < -0.39 is 11.0 Å². The number of aliphatic hydroxyl groups is 1. The van der Waals surface area contributed by atoms with Crippen LogP contribution in [0.4, 0.5) is 11.5 Å². The largest absolute Gasteiger partial charge is 0.391 e. The first-order valence-corrected chi connectivity index (χ1v) is 5.68. The minimum Gasteiger partial charge on any atom is -0.391 e. The molecule has 2 heterocycles. The highest BCUT2D eigenvalue weighted by Gasteiger charge is 2.26. The van der Waals surface area contributed by atoms with Crippen molar-refractivity contribution in [3.05, 3.63) is 27.4 Å². The number of nitro groups is 1. The molecule has 1 aromatic rings. The van der Waals surface area contributed by atoms with E-state index in [1.54, 1.807) is 4.90 Å². The van der Waals surface area contributed by atoms with Crippen molar-refractivity contribution in [1.82, 2.24) is 4.98 Å². The number of hydrogen-bond acceptors (Lipinski definition) is 5. The lowest BCUT2D eigenvalue weighted by Crippen LogP contribution is -2.39. The number of piperidine rings is 1. The maximum absolute atomic E-state index is 10.9. The lowest BCUT2D eigenvalue weighted by Gasteiger charge is -2.30. The molecule has 1 aliphatic rings. The van der Waals surface area contributed by atoms with Gasteiger partial charge >= 0.3 is 5.69 Å². The highest BCUT2D eigenvalue weighted by Crippen LogP contribution is 2.30. The Kier molecular flexibility index (Phi) is 3.44. The lowest BCUT2D eigenvalue weighted by atomic mass is 10.1. The van der Waals surface area contributed by atoms with Crippen LogP contribution in [0, 0.1) is 10.1 Å². The summed E-state index contributed by atoms with van der Waals surface area (Å²) in [5.41, 5.74) is -0.119. The zero-order valence-electron chi connectivity index (χ0n) is 9.04. The molecule has 1 fully saturated rings. The number of aromatic nitrogens is 1. The molecular formula is C10H12ClN3O3. The first kappa shape index (κ1) is 12.1. The second-order valence-corrected chi connectivity index (χ2v) is 4.43. The van der Waals surface area contributed by atoms with E-state index in [4.69, 9.17) is 11.6 Å². The Labute approximate surface area is 103 Å². The van der Waals surface area contributed by atoms with E-state index >= 15 is 0 Å². The molecule has 1 aromatic heterocycles. The fraction of sp³-hybridized carbons (Fsp3) is 0.500. The van der Waals surface area contributed by atoms with Crippen LogP contribution < -0.4 is 4.90 Å². The molecule has 17 heavy (non-hydrogen) atoms. The van der Waals surface area contributed by atoms with Crippen LogP contribution in [0.5, 0.6) is 0 Å². The van der Waals surface area contributed by atoms with Crippen molar-refractivity contribution in [3.63, 3.8) is 0 Å². The summed E-state index contributed by atoms with van der Waals surface area (Å²) < 4.78 is 0. The van der Waals surface area contributed by atoms with Gasteiger partial charge in [-0.3, -0.25) is 10.1 Å². The van der Waals surface area contributed by atoms with Crippen LogP contribution in [-0.4, -0.2) is 34.2 Å². The average molecular weight is 258 g/mol. The lowest BCUT2D eigenvalue weighted by molar-refractivity contribution is -0.384. The Morgan fingerprint density at radius 1 is 1.65 bits per heavy atom.